The molecule has 1 aromatic carbocycles. The fourth-order valence-corrected chi connectivity index (χ4v) is 2.32. The highest BCUT2D eigenvalue weighted by atomic mass is 35.5. The lowest BCUT2D eigenvalue weighted by Crippen LogP contribution is -2.19. The van der Waals surface area contributed by atoms with Gasteiger partial charge in [-0.05, 0) is 12.1 Å². The normalized spacial score (nSPS) is 10.5. The number of pyridine rings is 1. The Morgan fingerprint density at radius 1 is 1.18 bits per heavy atom. The first kappa shape index (κ1) is 16.3. The number of rotatable bonds is 5. The topological polar surface area (TPSA) is 34.6 Å². The van der Waals surface area contributed by atoms with Crippen molar-refractivity contribution in [3.63, 3.8) is 0 Å². The molecule has 0 bridgehead atoms. The standard InChI is InChI=1S/C15H15ClF2N2O2/c1-20(10-5-4-6-19-15(10)16)8-9-13(17)11(21-2)7-12(22-3)14(9)18/h4-7H,8H2,1-3H3. The summed E-state index contributed by atoms with van der Waals surface area (Å²) in [6.45, 7) is -0.0589. The van der Waals surface area contributed by atoms with E-state index in [2.05, 4.69) is 4.98 Å². The monoisotopic (exact) mass is 328 g/mol. The second kappa shape index (κ2) is 6.79. The molecule has 1 heterocycles. The van der Waals surface area contributed by atoms with Crippen LogP contribution in [0.5, 0.6) is 11.5 Å². The number of halogens is 3. The smallest absolute Gasteiger partial charge is 0.173 e. The van der Waals surface area contributed by atoms with Gasteiger partial charge in [-0.1, -0.05) is 11.6 Å². The van der Waals surface area contributed by atoms with E-state index in [0.29, 0.717) is 5.69 Å². The molecule has 0 aliphatic rings. The van der Waals surface area contributed by atoms with Crippen LogP contribution in [0.4, 0.5) is 14.5 Å². The first-order chi connectivity index (χ1) is 10.5. The number of hydrogen-bond acceptors (Lipinski definition) is 4. The number of hydrogen-bond donors (Lipinski definition) is 0. The molecule has 118 valence electrons. The molecule has 0 saturated carbocycles. The highest BCUT2D eigenvalue weighted by Crippen LogP contribution is 2.33. The molecule has 2 aromatic rings. The number of benzene rings is 1. The quantitative estimate of drug-likeness (QED) is 0.784. The lowest BCUT2D eigenvalue weighted by molar-refractivity contribution is 0.353. The molecular formula is C15H15ClF2N2O2. The van der Waals surface area contributed by atoms with Crippen LogP contribution >= 0.6 is 11.6 Å². The van der Waals surface area contributed by atoms with E-state index in [-0.39, 0.29) is 28.8 Å². The Hall–Kier alpha value is -2.08. The Kier molecular flexibility index (Phi) is 5.03. The molecule has 0 radical (unpaired) electrons. The predicted molar refractivity (Wildman–Crippen MR) is 80.8 cm³/mol. The van der Waals surface area contributed by atoms with Gasteiger partial charge in [0.05, 0.1) is 25.5 Å². The van der Waals surface area contributed by atoms with Crippen molar-refractivity contribution in [2.24, 2.45) is 0 Å². The molecule has 22 heavy (non-hydrogen) atoms. The predicted octanol–water partition coefficient (Wildman–Crippen LogP) is 3.67. The zero-order chi connectivity index (χ0) is 16.3. The van der Waals surface area contributed by atoms with Crippen LogP contribution < -0.4 is 14.4 Å². The number of aromatic nitrogens is 1. The molecule has 0 fully saturated rings. The number of ether oxygens (including phenoxy) is 2. The van der Waals surface area contributed by atoms with Crippen molar-refractivity contribution in [3.05, 3.63) is 46.7 Å². The van der Waals surface area contributed by atoms with E-state index in [9.17, 15) is 8.78 Å². The van der Waals surface area contributed by atoms with Crippen LogP contribution in [0.15, 0.2) is 24.4 Å². The van der Waals surface area contributed by atoms with Gasteiger partial charge in [0.25, 0.3) is 0 Å². The maximum absolute atomic E-state index is 14.3. The maximum atomic E-state index is 14.3. The Morgan fingerprint density at radius 2 is 1.77 bits per heavy atom. The van der Waals surface area contributed by atoms with Crippen LogP contribution in [0.25, 0.3) is 0 Å². The average molecular weight is 329 g/mol. The summed E-state index contributed by atoms with van der Waals surface area (Å²) in [5, 5.41) is 0.251. The highest BCUT2D eigenvalue weighted by Gasteiger charge is 2.21. The van der Waals surface area contributed by atoms with Gasteiger partial charge < -0.3 is 14.4 Å². The molecule has 7 heteroatoms. The zero-order valence-electron chi connectivity index (χ0n) is 12.4. The fraction of sp³-hybridized carbons (Fsp3) is 0.267. The molecule has 2 rings (SSSR count). The van der Waals surface area contributed by atoms with E-state index >= 15 is 0 Å². The van der Waals surface area contributed by atoms with Crippen molar-refractivity contribution in [2.75, 3.05) is 26.2 Å². The van der Waals surface area contributed by atoms with Crippen molar-refractivity contribution >= 4 is 17.3 Å². The van der Waals surface area contributed by atoms with Crippen molar-refractivity contribution in [3.8, 4) is 11.5 Å². The lowest BCUT2D eigenvalue weighted by Gasteiger charge is -2.21. The molecule has 1 aromatic heterocycles. The van der Waals surface area contributed by atoms with E-state index in [0.717, 1.165) is 0 Å². The van der Waals surface area contributed by atoms with Crippen LogP contribution in [0.3, 0.4) is 0 Å². The minimum absolute atomic E-state index is 0.0589. The van der Waals surface area contributed by atoms with Crippen LogP contribution in [-0.2, 0) is 6.54 Å². The summed E-state index contributed by atoms with van der Waals surface area (Å²) in [5.74, 6) is -1.71. The molecule has 0 unspecified atom stereocenters. The van der Waals surface area contributed by atoms with Gasteiger partial charge in [0, 0.05) is 25.9 Å². The third-order valence-electron chi connectivity index (χ3n) is 3.21. The third kappa shape index (κ3) is 3.06. The van der Waals surface area contributed by atoms with Gasteiger partial charge in [-0.25, -0.2) is 13.8 Å². The van der Waals surface area contributed by atoms with Gasteiger partial charge in [-0.2, -0.15) is 0 Å². The summed E-state index contributed by atoms with van der Waals surface area (Å²) in [6, 6.07) is 4.57. The summed E-state index contributed by atoms with van der Waals surface area (Å²) in [6.07, 6.45) is 1.54. The van der Waals surface area contributed by atoms with Crippen molar-refractivity contribution in [1.29, 1.82) is 0 Å². The fourth-order valence-electron chi connectivity index (χ4n) is 2.06. The largest absolute Gasteiger partial charge is 0.494 e. The zero-order valence-corrected chi connectivity index (χ0v) is 13.1. The van der Waals surface area contributed by atoms with Gasteiger partial charge in [0.1, 0.15) is 0 Å². The number of anilines is 1. The van der Waals surface area contributed by atoms with Crippen molar-refractivity contribution in [1.82, 2.24) is 4.98 Å². The molecule has 0 aliphatic carbocycles. The van der Waals surface area contributed by atoms with Gasteiger partial charge in [0.2, 0.25) is 0 Å². The first-order valence-corrected chi connectivity index (χ1v) is 6.77. The van der Waals surface area contributed by atoms with Crippen LogP contribution in [0.2, 0.25) is 5.15 Å². The van der Waals surface area contributed by atoms with Gasteiger partial charge in [-0.3, -0.25) is 0 Å². The summed E-state index contributed by atoms with van der Waals surface area (Å²) >= 11 is 5.99. The Bertz CT molecular complexity index is 655. The van der Waals surface area contributed by atoms with E-state index in [4.69, 9.17) is 21.1 Å². The van der Waals surface area contributed by atoms with Gasteiger partial charge in [-0.15, -0.1) is 0 Å². The SMILES string of the molecule is COc1cc(OC)c(F)c(CN(C)c2cccnc2Cl)c1F. The average Bonchev–Trinajstić information content (AvgIpc) is 2.52. The first-order valence-electron chi connectivity index (χ1n) is 6.40. The summed E-state index contributed by atoms with van der Waals surface area (Å²) in [4.78, 5) is 5.53. The minimum Gasteiger partial charge on any atom is -0.494 e. The van der Waals surface area contributed by atoms with Crippen LogP contribution in [0.1, 0.15) is 5.56 Å². The second-order valence-corrected chi connectivity index (χ2v) is 4.92. The Labute approximate surface area is 132 Å². The molecule has 0 amide bonds. The van der Waals surface area contributed by atoms with Crippen LogP contribution in [0, 0.1) is 11.6 Å². The molecule has 0 spiro atoms. The van der Waals surface area contributed by atoms with E-state index < -0.39 is 11.6 Å². The number of methoxy groups -OCH3 is 2. The van der Waals surface area contributed by atoms with E-state index in [1.165, 1.54) is 26.5 Å². The van der Waals surface area contributed by atoms with E-state index in [1.54, 1.807) is 24.1 Å². The second-order valence-electron chi connectivity index (χ2n) is 4.56. The molecular weight excluding hydrogens is 314 g/mol. The third-order valence-corrected chi connectivity index (χ3v) is 3.50. The lowest BCUT2D eigenvalue weighted by atomic mass is 10.1. The van der Waals surface area contributed by atoms with Crippen molar-refractivity contribution < 1.29 is 18.3 Å². The molecule has 0 atom stereocenters. The maximum Gasteiger partial charge on any atom is 0.173 e. The van der Waals surface area contributed by atoms with Gasteiger partial charge >= 0.3 is 0 Å². The van der Waals surface area contributed by atoms with Gasteiger partial charge in [0.15, 0.2) is 28.3 Å². The molecule has 4 nitrogen and oxygen atoms in total. The van der Waals surface area contributed by atoms with E-state index in [1.807, 2.05) is 0 Å². The molecule has 0 aliphatic heterocycles. The Balaban J connectivity index is 2.42. The van der Waals surface area contributed by atoms with Crippen molar-refractivity contribution in [2.45, 2.75) is 6.54 Å². The Morgan fingerprint density at radius 3 is 2.27 bits per heavy atom. The summed E-state index contributed by atoms with van der Waals surface area (Å²) in [7, 11) is 4.27. The summed E-state index contributed by atoms with van der Waals surface area (Å²) in [5.41, 5.74) is 0.392. The number of nitrogens with zero attached hydrogens (tertiary/aromatic N) is 2. The van der Waals surface area contributed by atoms with Crippen LogP contribution in [-0.4, -0.2) is 26.3 Å². The summed E-state index contributed by atoms with van der Waals surface area (Å²) < 4.78 is 38.5. The molecule has 0 saturated heterocycles. The molecule has 0 N–H and O–H groups in total. The highest BCUT2D eigenvalue weighted by molar-refractivity contribution is 6.31. The minimum atomic E-state index is -0.771.